The molecule has 1 saturated heterocycles. The van der Waals surface area contributed by atoms with E-state index in [1.807, 2.05) is 35.6 Å². The highest BCUT2D eigenvalue weighted by molar-refractivity contribution is 8.00. The average Bonchev–Trinajstić information content (AvgIpc) is 3.39. The number of rotatable bonds is 6. The van der Waals surface area contributed by atoms with E-state index in [4.69, 9.17) is 4.42 Å². The predicted molar refractivity (Wildman–Crippen MR) is 113 cm³/mol. The van der Waals surface area contributed by atoms with Gasteiger partial charge >= 0.3 is 0 Å². The van der Waals surface area contributed by atoms with Crippen LogP contribution in [0.5, 0.6) is 0 Å². The van der Waals surface area contributed by atoms with E-state index in [2.05, 4.69) is 40.5 Å². The van der Waals surface area contributed by atoms with E-state index in [0.717, 1.165) is 37.5 Å². The van der Waals surface area contributed by atoms with E-state index >= 15 is 0 Å². The number of hydrogen-bond donors (Lipinski definition) is 0. The van der Waals surface area contributed by atoms with Crippen molar-refractivity contribution < 1.29 is 9.21 Å². The van der Waals surface area contributed by atoms with Gasteiger partial charge in [0.15, 0.2) is 16.7 Å². The Bertz CT molecular complexity index is 931. The Balaban J connectivity index is 1.31. The van der Waals surface area contributed by atoms with Gasteiger partial charge in [0.25, 0.3) is 0 Å². The molecule has 3 aromatic rings. The number of amides is 1. The molecule has 4 rings (SSSR count). The second kappa shape index (κ2) is 8.86. The maximum atomic E-state index is 12.9. The minimum atomic E-state index is -0.201. The summed E-state index contributed by atoms with van der Waals surface area (Å²) >= 11 is 1.45. The molecule has 1 aliphatic heterocycles. The average molecular weight is 411 g/mol. The summed E-state index contributed by atoms with van der Waals surface area (Å²) in [5, 5.41) is 8.97. The van der Waals surface area contributed by atoms with Crippen molar-refractivity contribution in [3.05, 3.63) is 54.3 Å². The summed E-state index contributed by atoms with van der Waals surface area (Å²) in [5.74, 6) is 2.17. The van der Waals surface area contributed by atoms with Crippen LogP contribution in [0.4, 0.5) is 0 Å². The van der Waals surface area contributed by atoms with Crippen molar-refractivity contribution in [3.8, 4) is 11.6 Å². The summed E-state index contributed by atoms with van der Waals surface area (Å²) in [4.78, 5) is 14.9. The lowest BCUT2D eigenvalue weighted by atomic mass is 9.90. The molecule has 3 heterocycles. The Morgan fingerprint density at radius 2 is 1.93 bits per heavy atom. The van der Waals surface area contributed by atoms with Crippen LogP contribution in [0.2, 0.25) is 0 Å². The van der Waals surface area contributed by atoms with Crippen LogP contribution in [0.25, 0.3) is 11.6 Å². The molecule has 0 unspecified atom stereocenters. The standard InChI is InChI=1S/C22H26N4O2S/c1-16(29-22-24-23-20(25(22)2)19-9-6-14-28-19)21(27)26-12-10-18(11-13-26)15-17-7-4-3-5-8-17/h3-9,14,16,18H,10-13,15H2,1-2H3/t16-/m1/s1. The Morgan fingerprint density at radius 1 is 1.17 bits per heavy atom. The molecule has 0 saturated carbocycles. The van der Waals surface area contributed by atoms with Crippen molar-refractivity contribution in [2.45, 2.75) is 36.6 Å². The normalized spacial score (nSPS) is 16.1. The van der Waals surface area contributed by atoms with E-state index in [-0.39, 0.29) is 11.2 Å². The molecule has 1 amide bonds. The fraction of sp³-hybridized carbons (Fsp3) is 0.409. The topological polar surface area (TPSA) is 64.2 Å². The number of thioether (sulfide) groups is 1. The van der Waals surface area contributed by atoms with Crippen molar-refractivity contribution in [2.24, 2.45) is 13.0 Å². The van der Waals surface area contributed by atoms with Gasteiger partial charge in [0.2, 0.25) is 5.91 Å². The Kier molecular flexibility index (Phi) is 6.04. The van der Waals surface area contributed by atoms with Gasteiger partial charge in [-0.3, -0.25) is 4.79 Å². The minimum absolute atomic E-state index is 0.177. The van der Waals surface area contributed by atoms with Crippen LogP contribution in [0.3, 0.4) is 0 Å². The number of furan rings is 1. The highest BCUT2D eigenvalue weighted by Gasteiger charge is 2.28. The third kappa shape index (κ3) is 4.56. The Morgan fingerprint density at radius 3 is 2.62 bits per heavy atom. The summed E-state index contributed by atoms with van der Waals surface area (Å²) in [6.07, 6.45) is 4.83. The zero-order valence-electron chi connectivity index (χ0n) is 16.8. The third-order valence-electron chi connectivity index (χ3n) is 5.50. The molecule has 6 nitrogen and oxygen atoms in total. The Hall–Kier alpha value is -2.54. The first-order chi connectivity index (χ1) is 14.1. The molecule has 1 fully saturated rings. The van der Waals surface area contributed by atoms with Gasteiger partial charge in [0.1, 0.15) is 0 Å². The van der Waals surface area contributed by atoms with Gasteiger partial charge in [-0.25, -0.2) is 0 Å². The van der Waals surface area contributed by atoms with E-state index < -0.39 is 0 Å². The summed E-state index contributed by atoms with van der Waals surface area (Å²) in [6.45, 7) is 3.61. The van der Waals surface area contributed by atoms with Gasteiger partial charge < -0.3 is 13.9 Å². The first-order valence-electron chi connectivity index (χ1n) is 10.0. The molecule has 0 radical (unpaired) electrons. The number of piperidine rings is 1. The maximum absolute atomic E-state index is 12.9. The zero-order valence-corrected chi connectivity index (χ0v) is 17.6. The molecule has 1 aromatic carbocycles. The Labute approximate surface area is 175 Å². The SMILES string of the molecule is C[C@@H](Sc1nnc(-c2ccco2)n1C)C(=O)N1CCC(Cc2ccccc2)CC1. The lowest BCUT2D eigenvalue weighted by Gasteiger charge is -2.33. The largest absolute Gasteiger partial charge is 0.461 e. The van der Waals surface area contributed by atoms with Crippen LogP contribution in [-0.2, 0) is 18.3 Å². The third-order valence-corrected chi connectivity index (χ3v) is 6.62. The highest BCUT2D eigenvalue weighted by atomic mass is 32.2. The van der Waals surface area contributed by atoms with Gasteiger partial charge in [-0.05, 0) is 49.8 Å². The number of hydrogen-bond acceptors (Lipinski definition) is 5. The van der Waals surface area contributed by atoms with E-state index in [1.165, 1.54) is 17.3 Å². The molecule has 2 aromatic heterocycles. The van der Waals surface area contributed by atoms with Gasteiger partial charge in [-0.1, -0.05) is 42.1 Å². The van der Waals surface area contributed by atoms with Crippen LogP contribution in [0.1, 0.15) is 25.3 Å². The molecule has 1 atom stereocenters. The highest BCUT2D eigenvalue weighted by Crippen LogP contribution is 2.28. The van der Waals surface area contributed by atoms with Crippen LogP contribution in [-0.4, -0.2) is 43.9 Å². The van der Waals surface area contributed by atoms with Crippen molar-refractivity contribution >= 4 is 17.7 Å². The first kappa shape index (κ1) is 19.8. The number of aromatic nitrogens is 3. The second-order valence-corrected chi connectivity index (χ2v) is 8.87. The number of benzene rings is 1. The lowest BCUT2D eigenvalue weighted by Crippen LogP contribution is -2.42. The van der Waals surface area contributed by atoms with Crippen molar-refractivity contribution in [1.29, 1.82) is 0 Å². The summed E-state index contributed by atoms with van der Waals surface area (Å²) in [6, 6.07) is 14.3. The molecule has 0 N–H and O–H groups in total. The first-order valence-corrected chi connectivity index (χ1v) is 10.9. The molecule has 29 heavy (non-hydrogen) atoms. The fourth-order valence-corrected chi connectivity index (χ4v) is 4.71. The van der Waals surface area contributed by atoms with E-state index in [1.54, 1.807) is 6.26 Å². The molecule has 0 bridgehead atoms. The molecule has 0 aliphatic carbocycles. The molecular weight excluding hydrogens is 384 g/mol. The molecule has 152 valence electrons. The molecule has 0 spiro atoms. The molecule has 1 aliphatic rings. The zero-order chi connectivity index (χ0) is 20.2. The summed E-state index contributed by atoms with van der Waals surface area (Å²) in [5.41, 5.74) is 1.39. The number of nitrogens with zero attached hydrogens (tertiary/aromatic N) is 4. The number of likely N-dealkylation sites (tertiary alicyclic amines) is 1. The number of carbonyl (C=O) groups is 1. The monoisotopic (exact) mass is 410 g/mol. The van der Waals surface area contributed by atoms with Crippen LogP contribution in [0, 0.1) is 5.92 Å². The van der Waals surface area contributed by atoms with E-state index in [9.17, 15) is 4.79 Å². The van der Waals surface area contributed by atoms with Crippen LogP contribution < -0.4 is 0 Å². The smallest absolute Gasteiger partial charge is 0.235 e. The molecular formula is C22H26N4O2S. The predicted octanol–water partition coefficient (Wildman–Crippen LogP) is 4.04. The van der Waals surface area contributed by atoms with Crippen LogP contribution in [0.15, 0.2) is 58.3 Å². The van der Waals surface area contributed by atoms with E-state index in [0.29, 0.717) is 17.5 Å². The van der Waals surface area contributed by atoms with Gasteiger partial charge in [0.05, 0.1) is 11.5 Å². The second-order valence-electron chi connectivity index (χ2n) is 7.56. The van der Waals surface area contributed by atoms with Crippen LogP contribution >= 0.6 is 11.8 Å². The quantitative estimate of drug-likeness (QED) is 0.574. The van der Waals surface area contributed by atoms with Crippen molar-refractivity contribution in [2.75, 3.05) is 13.1 Å². The van der Waals surface area contributed by atoms with Crippen molar-refractivity contribution in [3.63, 3.8) is 0 Å². The summed E-state index contributed by atoms with van der Waals surface area (Å²) in [7, 11) is 1.90. The van der Waals surface area contributed by atoms with Gasteiger partial charge in [0, 0.05) is 20.1 Å². The summed E-state index contributed by atoms with van der Waals surface area (Å²) < 4.78 is 7.28. The number of carbonyl (C=O) groups excluding carboxylic acids is 1. The molecule has 7 heteroatoms. The van der Waals surface area contributed by atoms with Gasteiger partial charge in [-0.15, -0.1) is 10.2 Å². The fourth-order valence-electron chi connectivity index (χ4n) is 3.81. The minimum Gasteiger partial charge on any atom is -0.461 e. The maximum Gasteiger partial charge on any atom is 0.235 e. The van der Waals surface area contributed by atoms with Gasteiger partial charge in [-0.2, -0.15) is 0 Å². The lowest BCUT2D eigenvalue weighted by molar-refractivity contribution is -0.131. The van der Waals surface area contributed by atoms with Crippen molar-refractivity contribution in [1.82, 2.24) is 19.7 Å².